The molecule has 17 heavy (non-hydrogen) atoms. The summed E-state index contributed by atoms with van der Waals surface area (Å²) in [7, 11) is 1.94. The van der Waals surface area contributed by atoms with Crippen LogP contribution in [-0.4, -0.2) is 26.0 Å². The molecule has 0 saturated heterocycles. The molecule has 0 bridgehead atoms. The maximum atomic E-state index is 12.0. The van der Waals surface area contributed by atoms with Gasteiger partial charge >= 0.3 is 0 Å². The first-order valence-electron chi connectivity index (χ1n) is 6.18. The summed E-state index contributed by atoms with van der Waals surface area (Å²) in [5.74, 6) is 0.241. The van der Waals surface area contributed by atoms with Crippen LogP contribution in [0.1, 0.15) is 23.1 Å². The fourth-order valence-corrected chi connectivity index (χ4v) is 2.60. The van der Waals surface area contributed by atoms with E-state index in [9.17, 15) is 4.79 Å². The molecule has 92 valence electrons. The van der Waals surface area contributed by atoms with Gasteiger partial charge in [0.1, 0.15) is 0 Å². The van der Waals surface area contributed by atoms with Gasteiger partial charge < -0.3 is 10.2 Å². The van der Waals surface area contributed by atoms with Crippen LogP contribution in [0.5, 0.6) is 0 Å². The normalized spacial score (nSPS) is 14.3. The topological polar surface area (TPSA) is 32.3 Å². The highest BCUT2D eigenvalue weighted by Gasteiger charge is 2.28. The number of benzene rings is 1. The largest absolute Gasteiger partial charge is 0.320 e. The van der Waals surface area contributed by atoms with E-state index >= 15 is 0 Å². The van der Waals surface area contributed by atoms with Crippen LogP contribution in [0.15, 0.2) is 12.1 Å². The Morgan fingerprint density at radius 3 is 2.82 bits per heavy atom. The van der Waals surface area contributed by atoms with E-state index in [1.165, 1.54) is 16.7 Å². The van der Waals surface area contributed by atoms with Crippen molar-refractivity contribution in [2.24, 2.45) is 0 Å². The van der Waals surface area contributed by atoms with Gasteiger partial charge in [-0.1, -0.05) is 17.7 Å². The van der Waals surface area contributed by atoms with Gasteiger partial charge in [-0.2, -0.15) is 0 Å². The molecule has 1 aromatic carbocycles. The van der Waals surface area contributed by atoms with Crippen LogP contribution < -0.4 is 10.2 Å². The number of rotatable bonds is 4. The third-order valence-corrected chi connectivity index (χ3v) is 3.24. The average Bonchev–Trinajstić information content (AvgIpc) is 2.55. The number of fused-ring (bicyclic) bond motifs is 1. The standard InChI is InChI=1S/C14H20N2O/c1-10-7-11(2)14-12(8-10)9-13(17)16(14)6-4-5-15-3/h7-8,15H,4-6,9H2,1-3H3. The van der Waals surface area contributed by atoms with E-state index in [2.05, 4.69) is 31.3 Å². The molecular formula is C14H20N2O. The van der Waals surface area contributed by atoms with Crippen molar-refractivity contribution in [1.82, 2.24) is 5.32 Å². The molecule has 1 heterocycles. The number of carbonyl (C=O) groups is 1. The summed E-state index contributed by atoms with van der Waals surface area (Å²) >= 11 is 0. The molecule has 0 aliphatic carbocycles. The molecule has 0 spiro atoms. The van der Waals surface area contributed by atoms with Crippen molar-refractivity contribution in [3.8, 4) is 0 Å². The maximum absolute atomic E-state index is 12.0. The molecule has 1 amide bonds. The van der Waals surface area contributed by atoms with Crippen molar-refractivity contribution < 1.29 is 4.79 Å². The lowest BCUT2D eigenvalue weighted by atomic mass is 10.0. The first-order chi connectivity index (χ1) is 8.13. The van der Waals surface area contributed by atoms with Crippen molar-refractivity contribution in [3.63, 3.8) is 0 Å². The van der Waals surface area contributed by atoms with Gasteiger partial charge in [-0.05, 0) is 45.0 Å². The Labute approximate surface area is 103 Å². The molecule has 0 unspecified atom stereocenters. The first-order valence-corrected chi connectivity index (χ1v) is 6.18. The van der Waals surface area contributed by atoms with Crippen LogP contribution in [0.3, 0.4) is 0 Å². The molecule has 0 fully saturated rings. The molecule has 0 radical (unpaired) electrons. The SMILES string of the molecule is CNCCCN1C(=O)Cc2cc(C)cc(C)c21. The van der Waals surface area contributed by atoms with E-state index in [0.717, 1.165) is 25.2 Å². The van der Waals surface area contributed by atoms with Gasteiger partial charge in [-0.25, -0.2) is 0 Å². The van der Waals surface area contributed by atoms with E-state index in [1.807, 2.05) is 11.9 Å². The van der Waals surface area contributed by atoms with Gasteiger partial charge in [0.2, 0.25) is 5.91 Å². The Bertz CT molecular complexity index is 440. The van der Waals surface area contributed by atoms with Crippen molar-refractivity contribution in [2.45, 2.75) is 26.7 Å². The smallest absolute Gasteiger partial charge is 0.231 e. The Morgan fingerprint density at radius 1 is 1.35 bits per heavy atom. The molecule has 1 aliphatic heterocycles. The van der Waals surface area contributed by atoms with Crippen molar-refractivity contribution in [1.29, 1.82) is 0 Å². The minimum absolute atomic E-state index is 0.241. The summed E-state index contributed by atoms with van der Waals surface area (Å²) in [5.41, 5.74) is 4.80. The Kier molecular flexibility index (Phi) is 3.48. The van der Waals surface area contributed by atoms with Crippen LogP contribution in [0, 0.1) is 13.8 Å². The lowest BCUT2D eigenvalue weighted by Gasteiger charge is -2.19. The number of hydrogen-bond donors (Lipinski definition) is 1. The Morgan fingerprint density at radius 2 is 2.12 bits per heavy atom. The summed E-state index contributed by atoms with van der Waals surface area (Å²) in [5, 5.41) is 3.12. The summed E-state index contributed by atoms with van der Waals surface area (Å²) < 4.78 is 0. The van der Waals surface area contributed by atoms with Crippen molar-refractivity contribution in [2.75, 3.05) is 25.0 Å². The quantitative estimate of drug-likeness (QED) is 0.803. The molecule has 0 atom stereocenters. The number of anilines is 1. The molecule has 1 N–H and O–H groups in total. The van der Waals surface area contributed by atoms with Gasteiger partial charge in [0.15, 0.2) is 0 Å². The van der Waals surface area contributed by atoms with E-state index in [4.69, 9.17) is 0 Å². The van der Waals surface area contributed by atoms with Gasteiger partial charge in [0.25, 0.3) is 0 Å². The fourth-order valence-electron chi connectivity index (χ4n) is 2.60. The third-order valence-electron chi connectivity index (χ3n) is 3.24. The lowest BCUT2D eigenvalue weighted by molar-refractivity contribution is -0.117. The van der Waals surface area contributed by atoms with E-state index in [1.54, 1.807) is 0 Å². The average molecular weight is 232 g/mol. The van der Waals surface area contributed by atoms with Gasteiger partial charge in [-0.3, -0.25) is 4.79 Å². The highest BCUT2D eigenvalue weighted by Crippen LogP contribution is 2.33. The van der Waals surface area contributed by atoms with Gasteiger partial charge in [-0.15, -0.1) is 0 Å². The number of nitrogens with zero attached hydrogens (tertiary/aromatic N) is 1. The number of amides is 1. The van der Waals surface area contributed by atoms with Gasteiger partial charge in [0.05, 0.1) is 12.1 Å². The summed E-state index contributed by atoms with van der Waals surface area (Å²) in [6.45, 7) is 5.94. The molecule has 1 aliphatic rings. The van der Waals surface area contributed by atoms with E-state index in [-0.39, 0.29) is 5.91 Å². The highest BCUT2D eigenvalue weighted by molar-refractivity contribution is 6.02. The first kappa shape index (κ1) is 12.1. The predicted octanol–water partition coefficient (Wildman–Crippen LogP) is 1.80. The monoisotopic (exact) mass is 232 g/mol. The van der Waals surface area contributed by atoms with E-state index < -0.39 is 0 Å². The number of carbonyl (C=O) groups excluding carboxylic acids is 1. The highest BCUT2D eigenvalue weighted by atomic mass is 16.2. The zero-order chi connectivity index (χ0) is 12.4. The zero-order valence-corrected chi connectivity index (χ0v) is 10.8. The van der Waals surface area contributed by atoms with Crippen LogP contribution in [-0.2, 0) is 11.2 Å². The zero-order valence-electron chi connectivity index (χ0n) is 10.8. The van der Waals surface area contributed by atoms with Crippen LogP contribution in [0.4, 0.5) is 5.69 Å². The van der Waals surface area contributed by atoms with Crippen molar-refractivity contribution >= 4 is 11.6 Å². The Balaban J connectivity index is 2.24. The minimum Gasteiger partial charge on any atom is -0.320 e. The molecule has 3 heteroatoms. The molecule has 2 rings (SSSR count). The number of hydrogen-bond acceptors (Lipinski definition) is 2. The molecule has 1 aromatic rings. The second-order valence-electron chi connectivity index (χ2n) is 4.77. The Hall–Kier alpha value is -1.35. The number of nitrogens with one attached hydrogen (secondary N) is 1. The fraction of sp³-hybridized carbons (Fsp3) is 0.500. The summed E-state index contributed by atoms with van der Waals surface area (Å²) in [6.07, 6.45) is 1.56. The molecule has 3 nitrogen and oxygen atoms in total. The lowest BCUT2D eigenvalue weighted by Crippen LogP contribution is -2.30. The molecule has 0 aromatic heterocycles. The van der Waals surface area contributed by atoms with Crippen LogP contribution >= 0.6 is 0 Å². The predicted molar refractivity (Wildman–Crippen MR) is 70.5 cm³/mol. The maximum Gasteiger partial charge on any atom is 0.231 e. The second-order valence-corrected chi connectivity index (χ2v) is 4.77. The summed E-state index contributed by atoms with van der Waals surface area (Å²) in [4.78, 5) is 13.9. The summed E-state index contributed by atoms with van der Waals surface area (Å²) in [6, 6.07) is 4.29. The van der Waals surface area contributed by atoms with Crippen molar-refractivity contribution in [3.05, 3.63) is 28.8 Å². The third kappa shape index (κ3) is 2.34. The van der Waals surface area contributed by atoms with E-state index in [0.29, 0.717) is 6.42 Å². The minimum atomic E-state index is 0.241. The molecular weight excluding hydrogens is 212 g/mol. The van der Waals surface area contributed by atoms with Crippen LogP contribution in [0.25, 0.3) is 0 Å². The number of aryl methyl sites for hydroxylation is 2. The second kappa shape index (κ2) is 4.88. The molecule has 0 saturated carbocycles. The van der Waals surface area contributed by atoms with Crippen LogP contribution in [0.2, 0.25) is 0 Å². The van der Waals surface area contributed by atoms with Gasteiger partial charge in [0, 0.05) is 6.54 Å².